The van der Waals surface area contributed by atoms with Crippen molar-refractivity contribution < 1.29 is 18.4 Å². The summed E-state index contributed by atoms with van der Waals surface area (Å²) in [5.74, 6) is 0.482. The molecule has 0 aromatic heterocycles. The zero-order valence-corrected chi connectivity index (χ0v) is 21.3. The molecule has 0 radical (unpaired) electrons. The van der Waals surface area contributed by atoms with E-state index in [1.165, 1.54) is 7.11 Å². The van der Waals surface area contributed by atoms with Crippen LogP contribution in [0.3, 0.4) is 0 Å². The Morgan fingerprint density at radius 2 is 1.56 bits per heavy atom. The second-order valence-corrected chi connectivity index (χ2v) is 20.1. The third-order valence-electron chi connectivity index (χ3n) is 6.40. The highest BCUT2D eigenvalue weighted by Crippen LogP contribution is 2.40. The first-order valence-corrected chi connectivity index (χ1v) is 15.7. The molecule has 0 unspecified atom stereocenters. The van der Waals surface area contributed by atoms with Crippen LogP contribution in [-0.2, 0) is 18.4 Å². The van der Waals surface area contributed by atoms with Crippen molar-refractivity contribution in [3.05, 3.63) is 11.3 Å². The van der Waals surface area contributed by atoms with Gasteiger partial charge in [-0.25, -0.2) is 4.79 Å². The molecule has 1 rings (SSSR count). The molecule has 0 aromatic rings. The molecule has 1 N–H and O–H groups in total. The lowest BCUT2D eigenvalue weighted by Crippen LogP contribution is -2.49. The van der Waals surface area contributed by atoms with Gasteiger partial charge in [0.25, 0.3) is 0 Å². The number of ether oxygens (including phenoxy) is 1. The molecule has 0 saturated heterocycles. The molecule has 1 aliphatic rings. The molecule has 5 nitrogen and oxygen atoms in total. The Morgan fingerprint density at radius 1 is 1.04 bits per heavy atom. The monoisotopic (exact) mass is 415 g/mol. The van der Waals surface area contributed by atoms with E-state index in [1.54, 1.807) is 0 Å². The molecular weight excluding hydrogens is 374 g/mol. The summed E-state index contributed by atoms with van der Waals surface area (Å²) in [6.45, 7) is 23.4. The zero-order chi connectivity index (χ0) is 21.3. The van der Waals surface area contributed by atoms with Crippen LogP contribution in [0.2, 0.25) is 36.3 Å². The SMILES string of the molecule is COC(=O)C1=C(O[Si](C)(C)C(C)(C)C)C[C@@H](CO[Si](C)(C)C(C)(C)C)NC1. The number of hydrogen-bond acceptors (Lipinski definition) is 5. The molecule has 0 aromatic carbocycles. The van der Waals surface area contributed by atoms with Crippen LogP contribution in [0.4, 0.5) is 0 Å². The van der Waals surface area contributed by atoms with Gasteiger partial charge in [0, 0.05) is 25.6 Å². The Balaban J connectivity index is 2.98. The summed E-state index contributed by atoms with van der Waals surface area (Å²) in [4.78, 5) is 12.3. The Labute approximate surface area is 168 Å². The van der Waals surface area contributed by atoms with E-state index in [1.807, 2.05) is 0 Å². The molecule has 0 spiro atoms. The number of methoxy groups -OCH3 is 1. The van der Waals surface area contributed by atoms with Crippen molar-refractivity contribution in [1.82, 2.24) is 5.32 Å². The average molecular weight is 416 g/mol. The van der Waals surface area contributed by atoms with Crippen LogP contribution in [0.1, 0.15) is 48.0 Å². The van der Waals surface area contributed by atoms with Crippen LogP contribution >= 0.6 is 0 Å². The first kappa shape index (κ1) is 24.4. The average Bonchev–Trinajstić information content (AvgIpc) is 2.50. The minimum Gasteiger partial charge on any atom is -0.546 e. The molecule has 1 aliphatic heterocycles. The number of carbonyl (C=O) groups excluding carboxylic acids is 1. The molecule has 7 heteroatoms. The summed E-state index contributed by atoms with van der Waals surface area (Å²) < 4.78 is 17.9. The van der Waals surface area contributed by atoms with Crippen molar-refractivity contribution in [3.63, 3.8) is 0 Å². The number of esters is 1. The highest BCUT2D eigenvalue weighted by atomic mass is 28.4. The fraction of sp³-hybridized carbons (Fsp3) is 0.850. The van der Waals surface area contributed by atoms with Gasteiger partial charge < -0.3 is 18.9 Å². The van der Waals surface area contributed by atoms with Crippen LogP contribution in [0, 0.1) is 0 Å². The summed E-state index contributed by atoms with van der Waals surface area (Å²) in [6, 6.07) is 0.146. The molecule has 1 atom stereocenters. The second-order valence-electron chi connectivity index (χ2n) is 10.6. The Bertz CT molecular complexity index is 572. The van der Waals surface area contributed by atoms with Gasteiger partial charge in [0.2, 0.25) is 8.32 Å². The minimum absolute atomic E-state index is 0.0687. The van der Waals surface area contributed by atoms with Crippen LogP contribution in [0.15, 0.2) is 11.3 Å². The van der Waals surface area contributed by atoms with Crippen LogP contribution in [-0.4, -0.2) is 48.9 Å². The summed E-state index contributed by atoms with van der Waals surface area (Å²) >= 11 is 0. The van der Waals surface area contributed by atoms with Crippen molar-refractivity contribution in [2.45, 2.75) is 90.3 Å². The molecule has 158 valence electrons. The smallest absolute Gasteiger partial charge is 0.338 e. The Kier molecular flexibility index (Phi) is 7.58. The van der Waals surface area contributed by atoms with Gasteiger partial charge in [-0.3, -0.25) is 0 Å². The molecule has 0 saturated carbocycles. The van der Waals surface area contributed by atoms with Gasteiger partial charge >= 0.3 is 5.97 Å². The first-order valence-electron chi connectivity index (χ1n) is 9.88. The molecule has 0 bridgehead atoms. The number of carbonyl (C=O) groups is 1. The lowest BCUT2D eigenvalue weighted by atomic mass is 10.0. The zero-order valence-electron chi connectivity index (χ0n) is 19.3. The summed E-state index contributed by atoms with van der Waals surface area (Å²) in [5, 5.41) is 3.68. The Morgan fingerprint density at radius 3 is 2.00 bits per heavy atom. The Hall–Kier alpha value is -0.636. The minimum atomic E-state index is -2.04. The van der Waals surface area contributed by atoms with E-state index in [9.17, 15) is 4.79 Å². The predicted octanol–water partition coefficient (Wildman–Crippen LogP) is 4.82. The largest absolute Gasteiger partial charge is 0.546 e. The fourth-order valence-corrected chi connectivity index (χ4v) is 4.46. The van der Waals surface area contributed by atoms with Crippen molar-refractivity contribution in [2.75, 3.05) is 20.3 Å². The lowest BCUT2D eigenvalue weighted by Gasteiger charge is -2.41. The topological polar surface area (TPSA) is 56.8 Å². The standard InChI is InChI=1S/C20H41NO4Si2/c1-19(2,3)26(8,9)24-14-15-12-17(16(13-21-15)18(22)23-7)25-27(10,11)20(4,5)6/h15,21H,12-14H2,1-11H3/t15-/m0/s1. The maximum atomic E-state index is 12.3. The second kappa shape index (κ2) is 8.39. The highest BCUT2D eigenvalue weighted by molar-refractivity contribution is 6.74. The number of nitrogens with one attached hydrogen (secondary N) is 1. The maximum Gasteiger partial charge on any atom is 0.338 e. The first-order chi connectivity index (χ1) is 12.0. The van der Waals surface area contributed by atoms with Crippen LogP contribution < -0.4 is 5.32 Å². The molecular formula is C20H41NO4Si2. The molecule has 0 fully saturated rings. The molecule has 1 heterocycles. The predicted molar refractivity (Wildman–Crippen MR) is 117 cm³/mol. The van der Waals surface area contributed by atoms with Gasteiger partial charge in [0.15, 0.2) is 8.32 Å². The van der Waals surface area contributed by atoms with Gasteiger partial charge in [-0.1, -0.05) is 41.5 Å². The van der Waals surface area contributed by atoms with Crippen molar-refractivity contribution >= 4 is 22.6 Å². The normalized spacial score (nSPS) is 19.9. The number of rotatable bonds is 6. The van der Waals surface area contributed by atoms with Crippen molar-refractivity contribution in [3.8, 4) is 0 Å². The lowest BCUT2D eigenvalue weighted by molar-refractivity contribution is -0.136. The third kappa shape index (κ3) is 6.17. The quantitative estimate of drug-likeness (QED) is 0.498. The van der Waals surface area contributed by atoms with Gasteiger partial charge in [0.1, 0.15) is 0 Å². The fourth-order valence-electron chi connectivity index (χ4n) is 2.28. The van der Waals surface area contributed by atoms with Crippen LogP contribution in [0.25, 0.3) is 0 Å². The summed E-state index contributed by atoms with van der Waals surface area (Å²) in [7, 11) is -2.43. The molecule has 0 amide bonds. The van der Waals surface area contributed by atoms with Crippen LogP contribution in [0.5, 0.6) is 0 Å². The van der Waals surface area contributed by atoms with E-state index in [0.29, 0.717) is 25.1 Å². The van der Waals surface area contributed by atoms with Gasteiger partial charge in [-0.15, -0.1) is 0 Å². The van der Waals surface area contributed by atoms with Gasteiger partial charge in [0.05, 0.1) is 18.4 Å². The van der Waals surface area contributed by atoms with E-state index in [4.69, 9.17) is 13.6 Å². The maximum absolute atomic E-state index is 12.3. The highest BCUT2D eigenvalue weighted by Gasteiger charge is 2.42. The third-order valence-corrected chi connectivity index (χ3v) is 15.3. The van der Waals surface area contributed by atoms with Gasteiger partial charge in [-0.2, -0.15) is 0 Å². The van der Waals surface area contributed by atoms with Crippen molar-refractivity contribution in [1.29, 1.82) is 0 Å². The van der Waals surface area contributed by atoms with E-state index >= 15 is 0 Å². The number of hydrogen-bond donors (Lipinski definition) is 1. The van der Waals surface area contributed by atoms with E-state index < -0.39 is 16.6 Å². The van der Waals surface area contributed by atoms with Crippen molar-refractivity contribution in [2.24, 2.45) is 0 Å². The molecule has 27 heavy (non-hydrogen) atoms. The van der Waals surface area contributed by atoms with E-state index in [0.717, 1.165) is 5.76 Å². The van der Waals surface area contributed by atoms with E-state index in [-0.39, 0.29) is 22.1 Å². The summed E-state index contributed by atoms with van der Waals surface area (Å²) in [5.41, 5.74) is 0.617. The summed E-state index contributed by atoms with van der Waals surface area (Å²) in [6.07, 6.45) is 0.658. The van der Waals surface area contributed by atoms with Gasteiger partial charge in [-0.05, 0) is 36.3 Å². The van der Waals surface area contributed by atoms with E-state index in [2.05, 4.69) is 73.0 Å². The molecule has 0 aliphatic carbocycles.